The lowest BCUT2D eigenvalue weighted by molar-refractivity contribution is -0.154. The highest BCUT2D eigenvalue weighted by atomic mass is 19.4. The summed E-state index contributed by atoms with van der Waals surface area (Å²) in [6, 6.07) is 3.86. The molecular weight excluding hydrogens is 446 g/mol. The lowest BCUT2D eigenvalue weighted by Crippen LogP contribution is -2.24. The van der Waals surface area contributed by atoms with Gasteiger partial charge in [-0.25, -0.2) is 4.79 Å². The minimum absolute atomic E-state index is 0.0453. The van der Waals surface area contributed by atoms with Gasteiger partial charge >= 0.3 is 18.4 Å². The molecule has 0 aliphatic heterocycles. The summed E-state index contributed by atoms with van der Waals surface area (Å²) in [5.41, 5.74) is -0.849. The number of urea groups is 1. The summed E-state index contributed by atoms with van der Waals surface area (Å²) in [6.07, 6.45) is -9.13. The van der Waals surface area contributed by atoms with Crippen molar-refractivity contribution < 1.29 is 35.9 Å². The van der Waals surface area contributed by atoms with Crippen LogP contribution in [0, 0.1) is 0 Å². The number of nitrogens with one attached hydrogen (secondary N) is 4. The summed E-state index contributed by atoms with van der Waals surface area (Å²) in [6.45, 7) is 1.92. The van der Waals surface area contributed by atoms with Crippen LogP contribution in [0.1, 0.15) is 12.5 Å². The Hall–Kier alpha value is -3.29. The Labute approximate surface area is 178 Å². The Balaban J connectivity index is 2.08. The maximum Gasteiger partial charge on any atom is 0.422 e. The van der Waals surface area contributed by atoms with E-state index in [9.17, 15) is 31.1 Å². The average Bonchev–Trinajstić information content (AvgIpc) is 2.69. The number of hydrogen-bond donors (Lipinski definition) is 4. The first-order valence-electron chi connectivity index (χ1n) is 9.25. The first-order chi connectivity index (χ1) is 15.0. The van der Waals surface area contributed by atoms with Crippen LogP contribution in [0.5, 0.6) is 5.88 Å². The molecule has 0 bridgehead atoms. The van der Waals surface area contributed by atoms with Crippen LogP contribution < -0.4 is 26.0 Å². The molecule has 2 rings (SSSR count). The highest BCUT2D eigenvalue weighted by Gasteiger charge is 2.30. The lowest BCUT2D eigenvalue weighted by Gasteiger charge is -2.13. The van der Waals surface area contributed by atoms with Crippen LogP contribution in [0.2, 0.25) is 0 Å². The highest BCUT2D eigenvalue weighted by Crippen LogP contribution is 2.29. The quantitative estimate of drug-likeness (QED) is 0.328. The van der Waals surface area contributed by atoms with E-state index in [1.165, 1.54) is 0 Å². The van der Waals surface area contributed by atoms with E-state index >= 15 is 0 Å². The Morgan fingerprint density at radius 2 is 1.69 bits per heavy atom. The van der Waals surface area contributed by atoms with Gasteiger partial charge in [0.25, 0.3) is 0 Å². The molecule has 0 atom stereocenters. The fraction of sp³-hybridized carbons (Fsp3) is 0.389. The van der Waals surface area contributed by atoms with Crippen molar-refractivity contribution in [3.8, 4) is 5.88 Å². The van der Waals surface area contributed by atoms with Crippen molar-refractivity contribution in [1.29, 1.82) is 0 Å². The number of alkyl halides is 6. The topological polar surface area (TPSA) is 100 Å². The highest BCUT2D eigenvalue weighted by molar-refractivity contribution is 5.98. The maximum absolute atomic E-state index is 12.6. The summed E-state index contributed by atoms with van der Waals surface area (Å²) >= 11 is 0. The SMILES string of the molecule is CCNCCNc1cc(OCC(F)(F)F)nc(NC(=O)Nc2ccc(C(F)(F)F)cc2)n1. The van der Waals surface area contributed by atoms with Crippen molar-refractivity contribution in [2.24, 2.45) is 0 Å². The van der Waals surface area contributed by atoms with Gasteiger partial charge in [0.05, 0.1) is 5.56 Å². The zero-order valence-electron chi connectivity index (χ0n) is 16.7. The van der Waals surface area contributed by atoms with E-state index in [1.54, 1.807) is 0 Å². The number of hydrogen-bond acceptors (Lipinski definition) is 6. The molecule has 8 nitrogen and oxygen atoms in total. The second-order valence-corrected chi connectivity index (χ2v) is 6.25. The van der Waals surface area contributed by atoms with Gasteiger partial charge in [-0.1, -0.05) is 6.92 Å². The molecule has 1 heterocycles. The van der Waals surface area contributed by atoms with Gasteiger partial charge in [-0.05, 0) is 30.8 Å². The Morgan fingerprint density at radius 1 is 1.00 bits per heavy atom. The van der Waals surface area contributed by atoms with E-state index in [-0.39, 0.29) is 17.5 Å². The largest absolute Gasteiger partial charge is 0.468 e. The van der Waals surface area contributed by atoms with Crippen molar-refractivity contribution in [3.05, 3.63) is 35.9 Å². The molecule has 0 unspecified atom stereocenters. The summed E-state index contributed by atoms with van der Waals surface area (Å²) in [4.78, 5) is 19.8. The van der Waals surface area contributed by atoms with Crippen molar-refractivity contribution in [2.75, 3.05) is 42.2 Å². The number of likely N-dealkylation sites (N-methyl/N-ethyl adjacent to an activating group) is 1. The van der Waals surface area contributed by atoms with Gasteiger partial charge in [0.15, 0.2) is 6.61 Å². The summed E-state index contributed by atoms with van der Waals surface area (Å²) < 4.78 is 79.8. The van der Waals surface area contributed by atoms with E-state index in [0.29, 0.717) is 19.6 Å². The van der Waals surface area contributed by atoms with Crippen molar-refractivity contribution in [2.45, 2.75) is 19.3 Å². The number of ether oxygens (including phenoxy) is 1. The smallest absolute Gasteiger partial charge is 0.422 e. The fourth-order valence-corrected chi connectivity index (χ4v) is 2.26. The van der Waals surface area contributed by atoms with Crippen LogP contribution in [-0.4, -0.2) is 48.4 Å². The standard InChI is InChI=1S/C18H20F6N6O2/c1-2-25-7-8-26-13-9-14(32-10-17(19,20)21)29-15(28-13)30-16(31)27-12-5-3-11(4-6-12)18(22,23)24/h3-6,9,25H,2,7-8,10H2,1H3,(H3,26,27,28,29,30,31). The van der Waals surface area contributed by atoms with Crippen LogP contribution in [0.25, 0.3) is 0 Å². The van der Waals surface area contributed by atoms with Gasteiger partial charge in [0.1, 0.15) is 5.82 Å². The van der Waals surface area contributed by atoms with Gasteiger partial charge in [-0.3, -0.25) is 5.32 Å². The number of halogens is 6. The number of carbonyl (C=O) groups excluding carboxylic acids is 1. The molecule has 1 aromatic carbocycles. The van der Waals surface area contributed by atoms with Crippen molar-refractivity contribution in [3.63, 3.8) is 0 Å². The number of rotatable bonds is 9. The number of carbonyl (C=O) groups is 1. The fourth-order valence-electron chi connectivity index (χ4n) is 2.26. The maximum atomic E-state index is 12.6. The molecule has 0 radical (unpaired) electrons. The van der Waals surface area contributed by atoms with Crippen molar-refractivity contribution >= 4 is 23.5 Å². The van der Waals surface area contributed by atoms with Crippen LogP contribution in [-0.2, 0) is 6.18 Å². The number of amides is 2. The second kappa shape index (κ2) is 10.8. The van der Waals surface area contributed by atoms with Crippen LogP contribution in [0.4, 0.5) is 48.6 Å². The number of aromatic nitrogens is 2. The van der Waals surface area contributed by atoms with Crippen LogP contribution >= 0.6 is 0 Å². The van der Waals surface area contributed by atoms with Gasteiger partial charge in [0, 0.05) is 24.8 Å². The summed E-state index contributed by atoms with van der Waals surface area (Å²) in [5.74, 6) is -0.715. The molecule has 0 aliphatic rings. The van der Waals surface area contributed by atoms with Crippen LogP contribution in [0.3, 0.4) is 0 Å². The normalized spacial score (nSPS) is 11.7. The van der Waals surface area contributed by atoms with Gasteiger partial charge < -0.3 is 20.7 Å². The number of nitrogens with zero attached hydrogens (tertiary/aromatic N) is 2. The molecule has 0 fully saturated rings. The first kappa shape index (κ1) is 25.0. The molecule has 0 spiro atoms. The Bertz CT molecular complexity index is 889. The minimum atomic E-state index is -4.60. The lowest BCUT2D eigenvalue weighted by atomic mass is 10.2. The molecule has 0 aliphatic carbocycles. The molecule has 14 heteroatoms. The molecule has 32 heavy (non-hydrogen) atoms. The van der Waals surface area contributed by atoms with Crippen molar-refractivity contribution in [1.82, 2.24) is 15.3 Å². The predicted octanol–water partition coefficient (Wildman–Crippen LogP) is 4.10. The summed E-state index contributed by atoms with van der Waals surface area (Å²) in [5, 5.41) is 10.4. The molecule has 2 amide bonds. The third-order valence-corrected chi connectivity index (χ3v) is 3.64. The molecule has 1 aromatic heterocycles. The van der Waals surface area contributed by atoms with E-state index in [1.807, 2.05) is 6.92 Å². The zero-order valence-corrected chi connectivity index (χ0v) is 16.7. The summed E-state index contributed by atoms with van der Waals surface area (Å²) in [7, 11) is 0. The molecule has 4 N–H and O–H groups in total. The van der Waals surface area contributed by atoms with E-state index in [4.69, 9.17) is 0 Å². The predicted molar refractivity (Wildman–Crippen MR) is 105 cm³/mol. The third-order valence-electron chi connectivity index (χ3n) is 3.64. The van der Waals surface area contributed by atoms with Gasteiger partial charge in [-0.15, -0.1) is 0 Å². The minimum Gasteiger partial charge on any atom is -0.468 e. The van der Waals surface area contributed by atoms with E-state index in [2.05, 4.69) is 36.0 Å². The Kier molecular flexibility index (Phi) is 8.46. The van der Waals surface area contributed by atoms with Gasteiger partial charge in [-0.2, -0.15) is 36.3 Å². The molecule has 0 saturated carbocycles. The first-order valence-corrected chi connectivity index (χ1v) is 9.25. The van der Waals surface area contributed by atoms with Crippen LogP contribution in [0.15, 0.2) is 30.3 Å². The third kappa shape index (κ3) is 8.83. The average molecular weight is 466 g/mol. The Morgan fingerprint density at radius 3 is 2.28 bits per heavy atom. The monoisotopic (exact) mass is 466 g/mol. The number of anilines is 3. The van der Waals surface area contributed by atoms with E-state index in [0.717, 1.165) is 30.3 Å². The zero-order chi connectivity index (χ0) is 23.8. The number of benzene rings is 1. The molecule has 0 saturated heterocycles. The second-order valence-electron chi connectivity index (χ2n) is 6.25. The molecular formula is C18H20F6N6O2. The van der Waals surface area contributed by atoms with E-state index < -0.39 is 36.4 Å². The van der Waals surface area contributed by atoms with Gasteiger partial charge in [0.2, 0.25) is 11.8 Å². The molecule has 2 aromatic rings. The molecule has 176 valence electrons.